The Bertz CT molecular complexity index is 703. The van der Waals surface area contributed by atoms with E-state index in [1.165, 1.54) is 0 Å². The topological polar surface area (TPSA) is 0 Å². The van der Waals surface area contributed by atoms with Gasteiger partial charge in [-0.15, -0.1) is 0 Å². The van der Waals surface area contributed by atoms with Crippen molar-refractivity contribution in [3.8, 4) is 0 Å². The standard InChI is InChI=1S/C12F14/c13-5-1-2(8(17,18)11(23,24)7(1,15)16)6(14)4-3(5)9(19,20)12(25,26)10(4,21)22. The lowest BCUT2D eigenvalue weighted by Crippen LogP contribution is -2.45. The Morgan fingerprint density at radius 2 is 0.500 bits per heavy atom. The molecule has 0 radical (unpaired) electrons. The van der Waals surface area contributed by atoms with E-state index < -0.39 is 69.4 Å². The lowest BCUT2D eigenvalue weighted by molar-refractivity contribution is -0.306. The van der Waals surface area contributed by atoms with Gasteiger partial charge in [0.15, 0.2) is 0 Å². The van der Waals surface area contributed by atoms with E-state index in [2.05, 4.69) is 0 Å². The second-order valence-electron chi connectivity index (χ2n) is 5.57. The van der Waals surface area contributed by atoms with E-state index in [9.17, 15) is 61.5 Å². The molecule has 2 aliphatic carbocycles. The molecule has 26 heavy (non-hydrogen) atoms. The highest BCUT2D eigenvalue weighted by molar-refractivity contribution is 5.57. The van der Waals surface area contributed by atoms with Crippen molar-refractivity contribution >= 4 is 0 Å². The van der Waals surface area contributed by atoms with Crippen LogP contribution in [0.3, 0.4) is 0 Å². The predicted octanol–water partition coefficient (Wildman–Crippen LogP) is 5.63. The average molecular weight is 410 g/mol. The molecule has 1 aromatic carbocycles. The van der Waals surface area contributed by atoms with Gasteiger partial charge in [0.05, 0.1) is 22.3 Å². The quantitative estimate of drug-likeness (QED) is 0.487. The van der Waals surface area contributed by atoms with Crippen molar-refractivity contribution in [2.24, 2.45) is 0 Å². The Kier molecular flexibility index (Phi) is 3.08. The third-order valence-corrected chi connectivity index (χ3v) is 4.21. The van der Waals surface area contributed by atoms with Crippen LogP contribution in [0.25, 0.3) is 0 Å². The molecule has 0 N–H and O–H groups in total. The van der Waals surface area contributed by atoms with Crippen LogP contribution in [0.2, 0.25) is 0 Å². The van der Waals surface area contributed by atoms with Gasteiger partial charge < -0.3 is 0 Å². The van der Waals surface area contributed by atoms with Crippen LogP contribution in [0.4, 0.5) is 61.5 Å². The molecule has 2 aliphatic rings. The fraction of sp³-hybridized carbons (Fsp3) is 0.500. The number of fused-ring (bicyclic) bond motifs is 2. The molecule has 0 nitrogen and oxygen atoms in total. The first-order valence-corrected chi connectivity index (χ1v) is 6.15. The number of alkyl halides is 12. The monoisotopic (exact) mass is 410 g/mol. The zero-order valence-electron chi connectivity index (χ0n) is 11.3. The fourth-order valence-corrected chi connectivity index (χ4v) is 2.89. The molecule has 0 amide bonds. The summed E-state index contributed by atoms with van der Waals surface area (Å²) >= 11 is 0. The normalized spacial score (nSPS) is 27.9. The van der Waals surface area contributed by atoms with Crippen molar-refractivity contribution < 1.29 is 61.5 Å². The summed E-state index contributed by atoms with van der Waals surface area (Å²) in [5.74, 6) is -45.8. The van der Waals surface area contributed by atoms with Gasteiger partial charge in [-0.25, -0.2) is 8.78 Å². The van der Waals surface area contributed by atoms with Crippen molar-refractivity contribution in [1.82, 2.24) is 0 Å². The van der Waals surface area contributed by atoms with E-state index >= 15 is 0 Å². The zero-order chi connectivity index (χ0) is 20.5. The molecule has 0 unspecified atom stereocenters. The van der Waals surface area contributed by atoms with Crippen LogP contribution < -0.4 is 0 Å². The van der Waals surface area contributed by atoms with Gasteiger partial charge >= 0.3 is 35.5 Å². The highest BCUT2D eigenvalue weighted by Crippen LogP contribution is 2.70. The van der Waals surface area contributed by atoms with Crippen molar-refractivity contribution in [2.45, 2.75) is 35.5 Å². The van der Waals surface area contributed by atoms with Gasteiger partial charge in [0.1, 0.15) is 11.6 Å². The fourth-order valence-electron chi connectivity index (χ4n) is 2.89. The molecule has 0 aliphatic heterocycles. The molecule has 0 spiro atoms. The van der Waals surface area contributed by atoms with Crippen molar-refractivity contribution in [3.05, 3.63) is 33.9 Å². The maximum Gasteiger partial charge on any atom is 0.380 e. The van der Waals surface area contributed by atoms with Gasteiger partial charge in [-0.3, -0.25) is 0 Å². The van der Waals surface area contributed by atoms with E-state index in [1.54, 1.807) is 0 Å². The predicted molar refractivity (Wildman–Crippen MR) is 51.8 cm³/mol. The molecule has 14 heteroatoms. The minimum atomic E-state index is -6.60. The second-order valence-corrected chi connectivity index (χ2v) is 5.57. The largest absolute Gasteiger partial charge is 0.380 e. The summed E-state index contributed by atoms with van der Waals surface area (Å²) < 4.78 is 189. The molecule has 0 heterocycles. The van der Waals surface area contributed by atoms with Crippen molar-refractivity contribution in [2.75, 3.05) is 0 Å². The van der Waals surface area contributed by atoms with Crippen LogP contribution in [0.5, 0.6) is 0 Å². The number of benzene rings is 1. The molecule has 0 saturated carbocycles. The summed E-state index contributed by atoms with van der Waals surface area (Å²) in [6.45, 7) is 0. The molecule has 0 atom stereocenters. The smallest absolute Gasteiger partial charge is 0.206 e. The lowest BCUT2D eigenvalue weighted by Gasteiger charge is -2.25. The van der Waals surface area contributed by atoms with Crippen LogP contribution in [0.1, 0.15) is 22.3 Å². The first kappa shape index (κ1) is 19.0. The van der Waals surface area contributed by atoms with Gasteiger partial charge in [-0.1, -0.05) is 0 Å². The molecule has 0 aromatic heterocycles. The van der Waals surface area contributed by atoms with Gasteiger partial charge in [0, 0.05) is 0 Å². The van der Waals surface area contributed by atoms with Gasteiger partial charge in [-0.05, 0) is 0 Å². The first-order valence-electron chi connectivity index (χ1n) is 6.15. The summed E-state index contributed by atoms with van der Waals surface area (Å²) in [4.78, 5) is 0. The Balaban J connectivity index is 2.59. The molecule has 0 saturated heterocycles. The van der Waals surface area contributed by atoms with E-state index in [0.29, 0.717) is 0 Å². The van der Waals surface area contributed by atoms with E-state index in [0.717, 1.165) is 0 Å². The molecular formula is C12F14. The molecular weight excluding hydrogens is 410 g/mol. The van der Waals surface area contributed by atoms with Crippen LogP contribution in [-0.2, 0) is 23.7 Å². The summed E-state index contributed by atoms with van der Waals surface area (Å²) in [7, 11) is 0. The number of hydrogen-bond donors (Lipinski definition) is 0. The molecule has 146 valence electrons. The molecule has 3 rings (SSSR count). The van der Waals surface area contributed by atoms with Gasteiger partial charge in [0.2, 0.25) is 0 Å². The maximum absolute atomic E-state index is 14.0. The average Bonchev–Trinajstić information content (AvgIpc) is 2.63. The highest BCUT2D eigenvalue weighted by atomic mass is 19.4. The summed E-state index contributed by atoms with van der Waals surface area (Å²) in [6.07, 6.45) is 0. The van der Waals surface area contributed by atoms with E-state index in [1.807, 2.05) is 0 Å². The van der Waals surface area contributed by atoms with Gasteiger partial charge in [-0.2, -0.15) is 52.7 Å². The van der Waals surface area contributed by atoms with Gasteiger partial charge in [0.25, 0.3) is 0 Å². The van der Waals surface area contributed by atoms with Crippen LogP contribution in [0.15, 0.2) is 0 Å². The van der Waals surface area contributed by atoms with Crippen molar-refractivity contribution in [3.63, 3.8) is 0 Å². The highest BCUT2D eigenvalue weighted by Gasteiger charge is 2.86. The minimum absolute atomic E-state index is 3.38. The van der Waals surface area contributed by atoms with E-state index in [-0.39, 0.29) is 0 Å². The SMILES string of the molecule is Fc1c2c(c(F)c3c1C(F)(F)C(F)(F)C3(F)F)C(F)(F)C(F)(F)C2(F)F. The molecule has 0 fully saturated rings. The summed E-state index contributed by atoms with van der Waals surface area (Å²) in [5.41, 5.74) is -13.5. The number of halogens is 14. The first-order chi connectivity index (χ1) is 11.3. The van der Waals surface area contributed by atoms with E-state index in [4.69, 9.17) is 0 Å². The second kappa shape index (κ2) is 4.21. The van der Waals surface area contributed by atoms with Crippen LogP contribution in [0, 0.1) is 11.6 Å². The Morgan fingerprint density at radius 3 is 0.654 bits per heavy atom. The van der Waals surface area contributed by atoms with Crippen molar-refractivity contribution in [1.29, 1.82) is 0 Å². The maximum atomic E-state index is 14.0. The Hall–Kier alpha value is -1.76. The van der Waals surface area contributed by atoms with Crippen LogP contribution in [-0.4, -0.2) is 11.8 Å². The Labute approximate surface area is 132 Å². The molecule has 1 aromatic rings. The summed E-state index contributed by atoms with van der Waals surface area (Å²) in [6, 6.07) is 0. The third kappa shape index (κ3) is 1.48. The number of hydrogen-bond acceptors (Lipinski definition) is 0. The summed E-state index contributed by atoms with van der Waals surface area (Å²) in [5, 5.41) is 0. The zero-order valence-corrected chi connectivity index (χ0v) is 11.3. The lowest BCUT2D eigenvalue weighted by atomic mass is 9.96. The Morgan fingerprint density at radius 1 is 0.346 bits per heavy atom. The number of rotatable bonds is 0. The third-order valence-electron chi connectivity index (χ3n) is 4.21. The molecule has 0 bridgehead atoms. The van der Waals surface area contributed by atoms with Crippen LogP contribution >= 0.6 is 0 Å². The minimum Gasteiger partial charge on any atom is -0.206 e.